The number of hydrogen-bond acceptors (Lipinski definition) is 2. The molecule has 1 aromatic heterocycles. The van der Waals surface area contributed by atoms with Crippen LogP contribution in [0.1, 0.15) is 38.5 Å². The second-order valence-electron chi connectivity index (χ2n) is 5.23. The summed E-state index contributed by atoms with van der Waals surface area (Å²) in [7, 11) is 0. The maximum Gasteiger partial charge on any atom is 0.00951 e. The van der Waals surface area contributed by atoms with E-state index in [1.54, 1.807) is 0 Å². The minimum atomic E-state index is 0.587. The van der Waals surface area contributed by atoms with Crippen LogP contribution in [0.25, 0.3) is 0 Å². The summed E-state index contributed by atoms with van der Waals surface area (Å²) < 4.78 is 0. The molecule has 2 rings (SSSR count). The Bertz CT molecular complexity index is 300. The predicted octanol–water partition coefficient (Wildman–Crippen LogP) is 3.46. The van der Waals surface area contributed by atoms with Crippen molar-refractivity contribution in [2.75, 3.05) is 0 Å². The summed E-state index contributed by atoms with van der Waals surface area (Å²) in [6, 6.07) is 5.62. The molecule has 1 fully saturated rings. The molecule has 1 heterocycles. The van der Waals surface area contributed by atoms with E-state index in [-0.39, 0.29) is 0 Å². The quantitative estimate of drug-likeness (QED) is 0.806. The minimum Gasteiger partial charge on any atom is -0.311 e. The third-order valence-electron chi connectivity index (χ3n) is 3.71. The first kappa shape index (κ1) is 11.2. The second-order valence-corrected chi connectivity index (χ2v) is 6.26. The zero-order valence-electron chi connectivity index (χ0n) is 9.92. The van der Waals surface area contributed by atoms with Crippen LogP contribution in [0, 0.1) is 5.41 Å². The molecule has 0 aliphatic heterocycles. The Hall–Kier alpha value is -0.340. The Morgan fingerprint density at radius 3 is 2.73 bits per heavy atom. The lowest BCUT2D eigenvalue weighted by Gasteiger charge is -2.24. The SMILES string of the molecule is CC(Cc1cccs1)NC(C)C1(C)CC1. The van der Waals surface area contributed by atoms with Gasteiger partial charge in [-0.05, 0) is 50.0 Å². The van der Waals surface area contributed by atoms with Crippen molar-refractivity contribution < 1.29 is 0 Å². The summed E-state index contributed by atoms with van der Waals surface area (Å²) in [6.07, 6.45) is 3.96. The highest BCUT2D eigenvalue weighted by molar-refractivity contribution is 7.09. The molecule has 0 aromatic carbocycles. The maximum atomic E-state index is 3.73. The maximum absolute atomic E-state index is 3.73. The smallest absolute Gasteiger partial charge is 0.00951 e. The minimum absolute atomic E-state index is 0.587. The summed E-state index contributed by atoms with van der Waals surface area (Å²) >= 11 is 1.86. The van der Waals surface area contributed by atoms with Gasteiger partial charge in [-0.2, -0.15) is 0 Å². The van der Waals surface area contributed by atoms with E-state index in [4.69, 9.17) is 0 Å². The molecule has 1 aliphatic rings. The standard InChI is InChI=1S/C13H21NS/c1-10(9-12-5-4-8-15-12)14-11(2)13(3)6-7-13/h4-5,8,10-11,14H,6-7,9H2,1-3H3. The van der Waals surface area contributed by atoms with Crippen molar-refractivity contribution in [2.24, 2.45) is 5.41 Å². The van der Waals surface area contributed by atoms with Crippen molar-refractivity contribution in [3.63, 3.8) is 0 Å². The second kappa shape index (κ2) is 4.26. The molecule has 0 saturated heterocycles. The molecule has 1 saturated carbocycles. The van der Waals surface area contributed by atoms with E-state index in [9.17, 15) is 0 Å². The van der Waals surface area contributed by atoms with Crippen molar-refractivity contribution in [1.29, 1.82) is 0 Å². The van der Waals surface area contributed by atoms with Crippen LogP contribution in [0.5, 0.6) is 0 Å². The van der Waals surface area contributed by atoms with Crippen LogP contribution in [0.4, 0.5) is 0 Å². The summed E-state index contributed by atoms with van der Waals surface area (Å²) in [4.78, 5) is 1.49. The lowest BCUT2D eigenvalue weighted by Crippen LogP contribution is -2.40. The lowest BCUT2D eigenvalue weighted by atomic mass is 9.99. The molecule has 0 radical (unpaired) electrons. The van der Waals surface area contributed by atoms with E-state index >= 15 is 0 Å². The zero-order chi connectivity index (χ0) is 10.9. The third kappa shape index (κ3) is 2.82. The van der Waals surface area contributed by atoms with Crippen molar-refractivity contribution in [3.8, 4) is 0 Å². The van der Waals surface area contributed by atoms with Crippen LogP contribution in [-0.2, 0) is 6.42 Å². The molecular weight excluding hydrogens is 202 g/mol. The Labute approximate surface area is 96.9 Å². The molecule has 1 nitrogen and oxygen atoms in total. The molecule has 1 N–H and O–H groups in total. The first-order valence-electron chi connectivity index (χ1n) is 5.88. The molecule has 2 heteroatoms. The Morgan fingerprint density at radius 2 is 2.20 bits per heavy atom. The fourth-order valence-corrected chi connectivity index (χ4v) is 2.88. The first-order chi connectivity index (χ1) is 7.10. The Kier molecular flexibility index (Phi) is 3.17. The molecule has 0 bridgehead atoms. The average molecular weight is 223 g/mol. The van der Waals surface area contributed by atoms with Gasteiger partial charge < -0.3 is 5.32 Å². The monoisotopic (exact) mass is 223 g/mol. The van der Waals surface area contributed by atoms with Crippen molar-refractivity contribution in [2.45, 2.75) is 52.1 Å². The van der Waals surface area contributed by atoms with Gasteiger partial charge in [0.15, 0.2) is 0 Å². The van der Waals surface area contributed by atoms with Gasteiger partial charge in [0.25, 0.3) is 0 Å². The van der Waals surface area contributed by atoms with Gasteiger partial charge >= 0.3 is 0 Å². The first-order valence-corrected chi connectivity index (χ1v) is 6.76. The van der Waals surface area contributed by atoms with E-state index in [1.807, 2.05) is 11.3 Å². The van der Waals surface area contributed by atoms with Gasteiger partial charge in [-0.15, -0.1) is 11.3 Å². The molecule has 84 valence electrons. The molecule has 1 aliphatic carbocycles. The molecule has 2 atom stereocenters. The van der Waals surface area contributed by atoms with Crippen LogP contribution in [-0.4, -0.2) is 12.1 Å². The average Bonchev–Trinajstić information content (AvgIpc) is 2.74. The molecular formula is C13H21NS. The Balaban J connectivity index is 1.79. The van der Waals surface area contributed by atoms with Gasteiger partial charge in [0.2, 0.25) is 0 Å². The van der Waals surface area contributed by atoms with Crippen molar-refractivity contribution in [1.82, 2.24) is 5.32 Å². The highest BCUT2D eigenvalue weighted by atomic mass is 32.1. The molecule has 0 spiro atoms. The lowest BCUT2D eigenvalue weighted by molar-refractivity contribution is 0.346. The topological polar surface area (TPSA) is 12.0 Å². The summed E-state index contributed by atoms with van der Waals surface area (Å²) in [5.41, 5.74) is 0.587. The summed E-state index contributed by atoms with van der Waals surface area (Å²) in [5, 5.41) is 5.89. The van der Waals surface area contributed by atoms with Gasteiger partial charge in [-0.25, -0.2) is 0 Å². The molecule has 1 aromatic rings. The normalized spacial score (nSPS) is 22.3. The number of rotatable bonds is 5. The van der Waals surface area contributed by atoms with Crippen LogP contribution >= 0.6 is 11.3 Å². The third-order valence-corrected chi connectivity index (χ3v) is 4.60. The van der Waals surface area contributed by atoms with Crippen LogP contribution in [0.3, 0.4) is 0 Å². The van der Waals surface area contributed by atoms with Gasteiger partial charge in [-0.3, -0.25) is 0 Å². The van der Waals surface area contributed by atoms with E-state index in [0.717, 1.165) is 6.42 Å². The highest BCUT2D eigenvalue weighted by Crippen LogP contribution is 2.48. The molecule has 15 heavy (non-hydrogen) atoms. The summed E-state index contributed by atoms with van der Waals surface area (Å²) in [5.74, 6) is 0. The van der Waals surface area contributed by atoms with Gasteiger partial charge in [-0.1, -0.05) is 13.0 Å². The number of thiophene rings is 1. The van der Waals surface area contributed by atoms with Crippen molar-refractivity contribution in [3.05, 3.63) is 22.4 Å². The van der Waals surface area contributed by atoms with Gasteiger partial charge in [0.1, 0.15) is 0 Å². The van der Waals surface area contributed by atoms with Crippen LogP contribution in [0.2, 0.25) is 0 Å². The van der Waals surface area contributed by atoms with Gasteiger partial charge in [0, 0.05) is 17.0 Å². The van der Waals surface area contributed by atoms with E-state index in [2.05, 4.69) is 43.6 Å². The fraction of sp³-hybridized carbons (Fsp3) is 0.692. The Morgan fingerprint density at radius 1 is 1.47 bits per heavy atom. The predicted molar refractivity (Wildman–Crippen MR) is 67.4 cm³/mol. The van der Waals surface area contributed by atoms with E-state index in [1.165, 1.54) is 17.7 Å². The van der Waals surface area contributed by atoms with E-state index < -0.39 is 0 Å². The number of hydrogen-bond donors (Lipinski definition) is 1. The van der Waals surface area contributed by atoms with Crippen LogP contribution < -0.4 is 5.32 Å². The summed E-state index contributed by atoms with van der Waals surface area (Å²) in [6.45, 7) is 7.02. The zero-order valence-corrected chi connectivity index (χ0v) is 10.7. The largest absolute Gasteiger partial charge is 0.311 e. The van der Waals surface area contributed by atoms with Gasteiger partial charge in [0.05, 0.1) is 0 Å². The number of nitrogens with one attached hydrogen (secondary N) is 1. The van der Waals surface area contributed by atoms with Crippen LogP contribution in [0.15, 0.2) is 17.5 Å². The highest BCUT2D eigenvalue weighted by Gasteiger charge is 2.42. The molecule has 0 amide bonds. The molecule has 2 unspecified atom stereocenters. The van der Waals surface area contributed by atoms with Crippen molar-refractivity contribution >= 4 is 11.3 Å². The van der Waals surface area contributed by atoms with E-state index in [0.29, 0.717) is 17.5 Å². The fourth-order valence-electron chi connectivity index (χ4n) is 2.05.